The summed E-state index contributed by atoms with van der Waals surface area (Å²) in [5, 5.41) is 0.640. The van der Waals surface area contributed by atoms with Crippen molar-refractivity contribution in [1.29, 1.82) is 0 Å². The van der Waals surface area contributed by atoms with Gasteiger partial charge in [-0.1, -0.05) is 24.3 Å². The number of benzene rings is 1. The summed E-state index contributed by atoms with van der Waals surface area (Å²) in [4.78, 5) is 11.7. The Kier molecular flexibility index (Phi) is 4.55. The summed E-state index contributed by atoms with van der Waals surface area (Å²) in [7, 11) is 0. The maximum absolute atomic E-state index is 12.8. The number of allylic oxidation sites excluding steroid dienone is 2. The fraction of sp³-hybridized carbons (Fsp3) is 0.400. The van der Waals surface area contributed by atoms with E-state index in [2.05, 4.69) is 5.43 Å². The summed E-state index contributed by atoms with van der Waals surface area (Å²) < 4.78 is 38.4. The van der Waals surface area contributed by atoms with Crippen LogP contribution in [0.5, 0.6) is 0 Å². The number of hydrogen-bond acceptors (Lipinski definition) is 2. The van der Waals surface area contributed by atoms with Crippen LogP contribution in [0.2, 0.25) is 0 Å². The van der Waals surface area contributed by atoms with Crippen LogP contribution in [0.25, 0.3) is 0 Å². The van der Waals surface area contributed by atoms with Gasteiger partial charge in [-0.15, -0.1) is 0 Å². The van der Waals surface area contributed by atoms with Crippen molar-refractivity contribution in [2.45, 2.75) is 38.8 Å². The highest BCUT2D eigenvalue weighted by atomic mass is 19.4. The standard InChI is InChI=1S/C15H17F3N2O/c1-11-7-5-6-10-13(11)19-20(14(21)15(16,17)18)12-8-3-2-4-9-12/h5-8,10,19H,2-4,9H2,1H3. The molecule has 1 N–H and O–H groups in total. The zero-order chi connectivity index (χ0) is 15.5. The fourth-order valence-corrected chi connectivity index (χ4v) is 2.22. The summed E-state index contributed by atoms with van der Waals surface area (Å²) in [6.07, 6.45) is -0.357. The smallest absolute Gasteiger partial charge is 0.291 e. The Morgan fingerprint density at radius 2 is 1.95 bits per heavy atom. The number of hydrazine groups is 1. The van der Waals surface area contributed by atoms with E-state index in [0.29, 0.717) is 29.2 Å². The molecule has 0 saturated heterocycles. The molecular weight excluding hydrogens is 281 g/mol. The Morgan fingerprint density at radius 1 is 1.24 bits per heavy atom. The Morgan fingerprint density at radius 3 is 2.52 bits per heavy atom. The number of nitrogens with one attached hydrogen (secondary N) is 1. The number of nitrogens with zero attached hydrogens (tertiary/aromatic N) is 1. The zero-order valence-electron chi connectivity index (χ0n) is 11.7. The first-order valence-corrected chi connectivity index (χ1v) is 6.82. The Labute approximate surface area is 121 Å². The van der Waals surface area contributed by atoms with E-state index >= 15 is 0 Å². The molecule has 0 spiro atoms. The second kappa shape index (κ2) is 6.20. The number of anilines is 1. The number of aryl methyl sites for hydroxylation is 1. The van der Waals surface area contributed by atoms with Gasteiger partial charge < -0.3 is 0 Å². The Hall–Kier alpha value is -1.98. The molecule has 0 atom stereocenters. The highest BCUT2D eigenvalue weighted by Crippen LogP contribution is 2.28. The molecule has 0 saturated carbocycles. The zero-order valence-corrected chi connectivity index (χ0v) is 11.7. The topological polar surface area (TPSA) is 32.3 Å². The molecule has 0 fully saturated rings. The minimum atomic E-state index is -4.91. The molecule has 6 heteroatoms. The second-order valence-corrected chi connectivity index (χ2v) is 5.01. The van der Waals surface area contributed by atoms with Gasteiger partial charge >= 0.3 is 12.1 Å². The first-order chi connectivity index (χ1) is 9.89. The minimum absolute atomic E-state index is 0.381. The molecule has 2 rings (SSSR count). The molecule has 0 bridgehead atoms. The molecule has 1 amide bonds. The van der Waals surface area contributed by atoms with Gasteiger partial charge in [-0.25, -0.2) is 5.01 Å². The molecular formula is C15H17F3N2O. The number of alkyl halides is 3. The third-order valence-corrected chi connectivity index (χ3v) is 3.38. The molecule has 1 aliphatic carbocycles. The monoisotopic (exact) mass is 298 g/mol. The summed E-state index contributed by atoms with van der Waals surface area (Å²) in [5.74, 6) is -1.89. The molecule has 1 aromatic rings. The third kappa shape index (κ3) is 3.77. The van der Waals surface area contributed by atoms with Crippen molar-refractivity contribution in [3.8, 4) is 0 Å². The molecule has 21 heavy (non-hydrogen) atoms. The van der Waals surface area contributed by atoms with E-state index in [4.69, 9.17) is 0 Å². The van der Waals surface area contributed by atoms with Gasteiger partial charge in [0.2, 0.25) is 0 Å². The quantitative estimate of drug-likeness (QED) is 0.849. The van der Waals surface area contributed by atoms with Crippen LogP contribution < -0.4 is 5.43 Å². The van der Waals surface area contributed by atoms with Gasteiger partial charge in [0, 0.05) is 5.70 Å². The lowest BCUT2D eigenvalue weighted by Gasteiger charge is -2.29. The number of hydrogen-bond donors (Lipinski definition) is 1. The summed E-state index contributed by atoms with van der Waals surface area (Å²) in [6.45, 7) is 1.77. The fourth-order valence-electron chi connectivity index (χ4n) is 2.22. The number of amides is 1. The van der Waals surface area contributed by atoms with Gasteiger partial charge in [-0.2, -0.15) is 13.2 Å². The van der Waals surface area contributed by atoms with Gasteiger partial charge in [-0.05, 0) is 44.2 Å². The van der Waals surface area contributed by atoms with Gasteiger partial charge in [0.15, 0.2) is 0 Å². The average Bonchev–Trinajstić information content (AvgIpc) is 2.46. The molecule has 3 nitrogen and oxygen atoms in total. The van der Waals surface area contributed by atoms with E-state index in [-0.39, 0.29) is 0 Å². The highest BCUT2D eigenvalue weighted by Gasteiger charge is 2.44. The van der Waals surface area contributed by atoms with Crippen molar-refractivity contribution in [2.75, 3.05) is 5.43 Å². The Bertz CT molecular complexity index is 552. The van der Waals surface area contributed by atoms with Crippen molar-refractivity contribution in [2.24, 2.45) is 0 Å². The second-order valence-electron chi connectivity index (χ2n) is 5.01. The lowest BCUT2D eigenvalue weighted by molar-refractivity contribution is -0.182. The minimum Gasteiger partial charge on any atom is -0.291 e. The van der Waals surface area contributed by atoms with Crippen LogP contribution >= 0.6 is 0 Å². The lowest BCUT2D eigenvalue weighted by atomic mass is 10.0. The number of para-hydroxylation sites is 1. The molecule has 0 aromatic heterocycles. The van der Waals surface area contributed by atoms with Crippen LogP contribution in [0.4, 0.5) is 18.9 Å². The normalized spacial score (nSPS) is 15.3. The number of carbonyl (C=O) groups is 1. The lowest BCUT2D eigenvalue weighted by Crippen LogP contribution is -2.44. The molecule has 0 heterocycles. The predicted molar refractivity (Wildman–Crippen MR) is 74.3 cm³/mol. The summed E-state index contributed by atoms with van der Waals surface area (Å²) in [5.41, 5.74) is 4.26. The number of carbonyl (C=O) groups excluding carboxylic acids is 1. The van der Waals surface area contributed by atoms with E-state index in [1.165, 1.54) is 0 Å². The summed E-state index contributed by atoms with van der Waals surface area (Å²) >= 11 is 0. The SMILES string of the molecule is Cc1ccccc1NN(C(=O)C(F)(F)F)C1=CCCCC1. The van der Waals surface area contributed by atoms with Crippen molar-refractivity contribution in [3.63, 3.8) is 0 Å². The van der Waals surface area contributed by atoms with E-state index in [0.717, 1.165) is 18.4 Å². The van der Waals surface area contributed by atoms with Crippen LogP contribution in [0, 0.1) is 6.92 Å². The van der Waals surface area contributed by atoms with Crippen LogP contribution in [0.15, 0.2) is 36.0 Å². The highest BCUT2D eigenvalue weighted by molar-refractivity contribution is 5.85. The molecule has 0 radical (unpaired) electrons. The van der Waals surface area contributed by atoms with Gasteiger partial charge in [0.05, 0.1) is 5.69 Å². The first kappa shape index (κ1) is 15.4. The van der Waals surface area contributed by atoms with Gasteiger partial charge in [0.25, 0.3) is 0 Å². The molecule has 114 valence electrons. The molecule has 0 aliphatic heterocycles. The number of halogens is 3. The van der Waals surface area contributed by atoms with Gasteiger partial charge in [-0.3, -0.25) is 10.2 Å². The average molecular weight is 298 g/mol. The van der Waals surface area contributed by atoms with Gasteiger partial charge in [0.1, 0.15) is 0 Å². The van der Waals surface area contributed by atoms with Crippen LogP contribution in [0.1, 0.15) is 31.2 Å². The first-order valence-electron chi connectivity index (χ1n) is 6.82. The van der Waals surface area contributed by atoms with Crippen molar-refractivity contribution in [1.82, 2.24) is 5.01 Å². The van der Waals surface area contributed by atoms with E-state index in [1.807, 2.05) is 0 Å². The largest absolute Gasteiger partial charge is 0.473 e. The third-order valence-electron chi connectivity index (χ3n) is 3.38. The molecule has 0 unspecified atom stereocenters. The molecule has 1 aromatic carbocycles. The van der Waals surface area contributed by atoms with Crippen LogP contribution in [-0.4, -0.2) is 17.1 Å². The van der Waals surface area contributed by atoms with Crippen LogP contribution in [-0.2, 0) is 4.79 Å². The number of rotatable bonds is 3. The maximum Gasteiger partial charge on any atom is 0.473 e. The Balaban J connectivity index is 2.30. The van der Waals surface area contributed by atoms with Crippen molar-refractivity contribution in [3.05, 3.63) is 41.6 Å². The summed E-state index contributed by atoms with van der Waals surface area (Å²) in [6, 6.07) is 6.92. The van der Waals surface area contributed by atoms with E-state index in [9.17, 15) is 18.0 Å². The van der Waals surface area contributed by atoms with E-state index in [1.54, 1.807) is 37.3 Å². The van der Waals surface area contributed by atoms with Crippen LogP contribution in [0.3, 0.4) is 0 Å². The van der Waals surface area contributed by atoms with E-state index < -0.39 is 12.1 Å². The van der Waals surface area contributed by atoms with Crippen molar-refractivity contribution >= 4 is 11.6 Å². The predicted octanol–water partition coefficient (Wildman–Crippen LogP) is 4.17. The maximum atomic E-state index is 12.8. The molecule has 1 aliphatic rings. The van der Waals surface area contributed by atoms with Crippen molar-refractivity contribution < 1.29 is 18.0 Å².